The Morgan fingerprint density at radius 1 is 1.23 bits per heavy atom. The van der Waals surface area contributed by atoms with E-state index in [1.165, 1.54) is 7.11 Å². The van der Waals surface area contributed by atoms with Gasteiger partial charge in [0.1, 0.15) is 0 Å². The second-order valence-electron chi connectivity index (χ2n) is 6.04. The number of aromatic amines is 1. The molecule has 0 radical (unpaired) electrons. The molecule has 0 saturated heterocycles. The highest BCUT2D eigenvalue weighted by Gasteiger charge is 2.41. The van der Waals surface area contributed by atoms with Crippen LogP contribution in [-0.2, 0) is 9.53 Å². The molecule has 3 aromatic rings. The number of hydrogen-bond donors (Lipinski definition) is 1. The lowest BCUT2D eigenvalue weighted by Crippen LogP contribution is -2.30. The van der Waals surface area contributed by atoms with E-state index in [-0.39, 0.29) is 5.91 Å². The normalized spacial score (nSPS) is 17.5. The first kappa shape index (κ1) is 16.9. The van der Waals surface area contributed by atoms with Gasteiger partial charge in [0.15, 0.2) is 5.76 Å². The van der Waals surface area contributed by atoms with Gasteiger partial charge in [-0.2, -0.15) is 0 Å². The summed E-state index contributed by atoms with van der Waals surface area (Å²) in [7, 11) is 1.49. The van der Waals surface area contributed by atoms with Gasteiger partial charge in [0.2, 0.25) is 0 Å². The molecule has 1 aliphatic heterocycles. The Kier molecular flexibility index (Phi) is 4.13. The van der Waals surface area contributed by atoms with Gasteiger partial charge in [-0.15, -0.1) is 0 Å². The standard InChI is InChI=1S/C19H15Cl2N3O2/c1-10-17(12-4-3-5-13(20)16(12)21)24(19(25)18(10)26-2)11-6-7-14-15(8-11)23-9-22-14/h3-9,17H,1-2H3,(H,22,23)/t17-/m1/s1. The molecule has 1 atom stereocenters. The SMILES string of the molecule is COC1=C(C)[C@H](c2cccc(Cl)c2Cl)N(c2ccc3[nH]cnc3c2)C1=O. The van der Waals surface area contributed by atoms with Crippen LogP contribution >= 0.6 is 23.2 Å². The van der Waals surface area contributed by atoms with E-state index in [1.54, 1.807) is 17.3 Å². The fourth-order valence-corrected chi connectivity index (χ4v) is 3.81. The number of methoxy groups -OCH3 is 1. The molecule has 1 aliphatic rings. The summed E-state index contributed by atoms with van der Waals surface area (Å²) in [5.74, 6) is 0.0918. The summed E-state index contributed by atoms with van der Waals surface area (Å²) in [6, 6.07) is 10.6. The number of fused-ring (bicyclic) bond motifs is 1. The van der Waals surface area contributed by atoms with Crippen molar-refractivity contribution >= 4 is 45.8 Å². The largest absolute Gasteiger partial charge is 0.491 e. The number of ether oxygens (including phenoxy) is 1. The molecule has 132 valence electrons. The number of aromatic nitrogens is 2. The van der Waals surface area contributed by atoms with Crippen LogP contribution in [0.4, 0.5) is 5.69 Å². The van der Waals surface area contributed by atoms with E-state index < -0.39 is 6.04 Å². The summed E-state index contributed by atoms with van der Waals surface area (Å²) < 4.78 is 5.37. The zero-order valence-electron chi connectivity index (χ0n) is 14.1. The number of amides is 1. The van der Waals surface area contributed by atoms with E-state index in [0.29, 0.717) is 21.5 Å². The first-order valence-corrected chi connectivity index (χ1v) is 8.74. The number of anilines is 1. The number of imidazole rings is 1. The topological polar surface area (TPSA) is 58.2 Å². The van der Waals surface area contributed by atoms with Crippen LogP contribution in [0.3, 0.4) is 0 Å². The number of carbonyl (C=O) groups is 1. The van der Waals surface area contributed by atoms with E-state index in [9.17, 15) is 4.79 Å². The number of nitrogens with one attached hydrogen (secondary N) is 1. The van der Waals surface area contributed by atoms with Gasteiger partial charge in [-0.3, -0.25) is 9.69 Å². The first-order chi connectivity index (χ1) is 12.5. The summed E-state index contributed by atoms with van der Waals surface area (Å²) in [4.78, 5) is 22.0. The maximum Gasteiger partial charge on any atom is 0.294 e. The lowest BCUT2D eigenvalue weighted by Gasteiger charge is -2.27. The van der Waals surface area contributed by atoms with Crippen molar-refractivity contribution in [2.24, 2.45) is 0 Å². The average Bonchev–Trinajstić information content (AvgIpc) is 3.19. The third-order valence-electron chi connectivity index (χ3n) is 4.60. The van der Waals surface area contributed by atoms with E-state index in [1.807, 2.05) is 37.3 Å². The monoisotopic (exact) mass is 387 g/mol. The number of H-pyrrole nitrogens is 1. The molecule has 1 N–H and O–H groups in total. The highest BCUT2D eigenvalue weighted by molar-refractivity contribution is 6.42. The summed E-state index contributed by atoms with van der Waals surface area (Å²) in [5, 5.41) is 0.868. The minimum absolute atomic E-state index is 0.221. The van der Waals surface area contributed by atoms with Gasteiger partial charge < -0.3 is 9.72 Å². The minimum atomic E-state index is -0.403. The Bertz CT molecular complexity index is 1060. The lowest BCUT2D eigenvalue weighted by molar-refractivity contribution is -0.117. The van der Waals surface area contributed by atoms with Crippen LogP contribution in [0.1, 0.15) is 18.5 Å². The van der Waals surface area contributed by atoms with Gasteiger partial charge in [0, 0.05) is 11.3 Å². The number of benzene rings is 2. The third-order valence-corrected chi connectivity index (χ3v) is 5.44. The molecule has 2 heterocycles. The number of carbonyl (C=O) groups excluding carboxylic acids is 1. The molecule has 0 unspecified atom stereocenters. The molecule has 0 fully saturated rings. The van der Waals surface area contributed by atoms with E-state index in [0.717, 1.165) is 22.2 Å². The molecule has 2 aromatic carbocycles. The van der Waals surface area contributed by atoms with Crippen LogP contribution in [-0.4, -0.2) is 23.0 Å². The van der Waals surface area contributed by atoms with Gasteiger partial charge in [0.25, 0.3) is 5.91 Å². The van der Waals surface area contributed by atoms with Crippen molar-refractivity contribution in [3.63, 3.8) is 0 Å². The maximum absolute atomic E-state index is 13.0. The Labute approximate surface area is 160 Å². The van der Waals surface area contributed by atoms with Crippen molar-refractivity contribution in [2.75, 3.05) is 12.0 Å². The van der Waals surface area contributed by atoms with Crippen molar-refractivity contribution in [3.05, 3.63) is 69.7 Å². The Hall–Kier alpha value is -2.50. The summed E-state index contributed by atoms with van der Waals surface area (Å²) in [6.45, 7) is 1.87. The Morgan fingerprint density at radius 2 is 2.04 bits per heavy atom. The number of nitrogens with zero attached hydrogens (tertiary/aromatic N) is 2. The molecular weight excluding hydrogens is 373 g/mol. The van der Waals surface area contributed by atoms with Crippen molar-refractivity contribution < 1.29 is 9.53 Å². The fourth-order valence-electron chi connectivity index (χ4n) is 3.40. The second kappa shape index (κ2) is 6.34. The molecule has 1 aromatic heterocycles. The highest BCUT2D eigenvalue weighted by atomic mass is 35.5. The van der Waals surface area contributed by atoms with Crippen molar-refractivity contribution in [1.29, 1.82) is 0 Å². The van der Waals surface area contributed by atoms with E-state index in [2.05, 4.69) is 9.97 Å². The summed E-state index contributed by atoms with van der Waals surface area (Å²) >= 11 is 12.7. The lowest BCUT2D eigenvalue weighted by atomic mass is 10.00. The Balaban J connectivity index is 1.91. The summed E-state index contributed by atoms with van der Waals surface area (Å²) in [5.41, 5.74) is 3.91. The predicted molar refractivity (Wildman–Crippen MR) is 102 cm³/mol. The van der Waals surface area contributed by atoms with E-state index >= 15 is 0 Å². The predicted octanol–water partition coefficient (Wildman–Crippen LogP) is 4.88. The molecule has 0 saturated carbocycles. The average molecular weight is 388 g/mol. The molecule has 0 spiro atoms. The third kappa shape index (κ3) is 2.47. The van der Waals surface area contributed by atoms with Gasteiger partial charge in [-0.1, -0.05) is 35.3 Å². The zero-order chi connectivity index (χ0) is 18.4. The van der Waals surface area contributed by atoms with Crippen LogP contribution in [0.15, 0.2) is 54.1 Å². The van der Waals surface area contributed by atoms with Crippen LogP contribution < -0.4 is 4.90 Å². The van der Waals surface area contributed by atoms with Crippen LogP contribution in [0.5, 0.6) is 0 Å². The smallest absolute Gasteiger partial charge is 0.294 e. The molecule has 4 rings (SSSR count). The van der Waals surface area contributed by atoms with Gasteiger partial charge in [-0.05, 0) is 36.8 Å². The van der Waals surface area contributed by atoms with E-state index in [4.69, 9.17) is 27.9 Å². The number of rotatable bonds is 3. The fraction of sp³-hybridized carbons (Fsp3) is 0.158. The Morgan fingerprint density at radius 3 is 2.81 bits per heavy atom. The van der Waals surface area contributed by atoms with Gasteiger partial charge >= 0.3 is 0 Å². The highest BCUT2D eigenvalue weighted by Crippen LogP contribution is 2.44. The number of halogens is 2. The van der Waals surface area contributed by atoms with Crippen LogP contribution in [0.2, 0.25) is 10.0 Å². The molecule has 26 heavy (non-hydrogen) atoms. The van der Waals surface area contributed by atoms with Gasteiger partial charge in [-0.25, -0.2) is 4.98 Å². The summed E-state index contributed by atoms with van der Waals surface area (Å²) in [6.07, 6.45) is 1.62. The maximum atomic E-state index is 13.0. The van der Waals surface area contributed by atoms with Crippen LogP contribution in [0.25, 0.3) is 11.0 Å². The van der Waals surface area contributed by atoms with Crippen molar-refractivity contribution in [1.82, 2.24) is 9.97 Å². The molecule has 0 aliphatic carbocycles. The second-order valence-corrected chi connectivity index (χ2v) is 6.83. The first-order valence-electron chi connectivity index (χ1n) is 7.98. The molecule has 0 bridgehead atoms. The van der Waals surface area contributed by atoms with Crippen molar-refractivity contribution in [2.45, 2.75) is 13.0 Å². The van der Waals surface area contributed by atoms with Crippen molar-refractivity contribution in [3.8, 4) is 0 Å². The molecule has 1 amide bonds. The zero-order valence-corrected chi connectivity index (χ0v) is 15.6. The minimum Gasteiger partial charge on any atom is -0.491 e. The number of hydrogen-bond acceptors (Lipinski definition) is 3. The molecule has 5 nitrogen and oxygen atoms in total. The quantitative estimate of drug-likeness (QED) is 0.696. The molecular formula is C19H15Cl2N3O2. The van der Waals surface area contributed by atoms with Gasteiger partial charge in [0.05, 0.1) is 40.6 Å². The molecule has 7 heteroatoms. The van der Waals surface area contributed by atoms with Crippen LogP contribution in [0, 0.1) is 0 Å².